The Balaban J connectivity index is 4.51. The maximum Gasteiger partial charge on any atom is 0.101 e. The minimum Gasteiger partial charge on any atom is -0.252 e. The standard InChI is InChI=1S/C11H24O2/c1-6-9(4)10(13-12)11(5,7-2)8-3/h9-10,12H,6-8H2,1-5H3. The van der Waals surface area contributed by atoms with Crippen LogP contribution in [0.3, 0.4) is 0 Å². The van der Waals surface area contributed by atoms with Gasteiger partial charge in [-0.05, 0) is 24.2 Å². The zero-order valence-corrected chi connectivity index (χ0v) is 9.63. The zero-order valence-electron chi connectivity index (χ0n) is 9.63. The van der Waals surface area contributed by atoms with Crippen LogP contribution in [0.4, 0.5) is 0 Å². The van der Waals surface area contributed by atoms with Crippen LogP contribution in [-0.4, -0.2) is 11.4 Å². The van der Waals surface area contributed by atoms with E-state index >= 15 is 0 Å². The van der Waals surface area contributed by atoms with Gasteiger partial charge in [0.15, 0.2) is 0 Å². The molecule has 2 unspecified atom stereocenters. The van der Waals surface area contributed by atoms with Crippen molar-refractivity contribution < 1.29 is 10.1 Å². The fourth-order valence-corrected chi connectivity index (χ4v) is 1.78. The van der Waals surface area contributed by atoms with Crippen LogP contribution in [0.5, 0.6) is 0 Å². The maximum absolute atomic E-state index is 8.93. The molecule has 2 nitrogen and oxygen atoms in total. The van der Waals surface area contributed by atoms with E-state index in [0.29, 0.717) is 5.92 Å². The zero-order chi connectivity index (χ0) is 10.5. The predicted molar refractivity (Wildman–Crippen MR) is 55.6 cm³/mol. The van der Waals surface area contributed by atoms with Gasteiger partial charge in [0, 0.05) is 0 Å². The molecule has 0 amide bonds. The average Bonchev–Trinajstić information content (AvgIpc) is 2.18. The monoisotopic (exact) mass is 188 g/mol. The molecule has 80 valence electrons. The van der Waals surface area contributed by atoms with Gasteiger partial charge in [0.05, 0.1) is 0 Å². The first-order chi connectivity index (χ1) is 6.05. The number of hydrogen-bond donors (Lipinski definition) is 1. The number of hydrogen-bond acceptors (Lipinski definition) is 2. The molecule has 0 saturated carbocycles. The molecule has 0 bridgehead atoms. The summed E-state index contributed by atoms with van der Waals surface area (Å²) in [6.07, 6.45) is 3.09. The molecule has 0 aromatic carbocycles. The summed E-state index contributed by atoms with van der Waals surface area (Å²) >= 11 is 0. The summed E-state index contributed by atoms with van der Waals surface area (Å²) in [7, 11) is 0. The molecule has 0 heterocycles. The van der Waals surface area contributed by atoms with E-state index in [4.69, 9.17) is 5.26 Å². The molecule has 13 heavy (non-hydrogen) atoms. The third-order valence-electron chi connectivity index (χ3n) is 3.58. The normalized spacial score (nSPS) is 17.1. The molecule has 0 aliphatic heterocycles. The van der Waals surface area contributed by atoms with Crippen molar-refractivity contribution in [2.24, 2.45) is 11.3 Å². The summed E-state index contributed by atoms with van der Waals surface area (Å²) in [5.74, 6) is 0.412. The van der Waals surface area contributed by atoms with Crippen LogP contribution in [0.25, 0.3) is 0 Å². The Morgan fingerprint density at radius 2 is 1.69 bits per heavy atom. The van der Waals surface area contributed by atoms with E-state index < -0.39 is 0 Å². The van der Waals surface area contributed by atoms with Crippen LogP contribution in [0.15, 0.2) is 0 Å². The highest BCUT2D eigenvalue weighted by Gasteiger charge is 2.35. The van der Waals surface area contributed by atoms with Crippen LogP contribution in [-0.2, 0) is 4.89 Å². The van der Waals surface area contributed by atoms with Crippen molar-refractivity contribution in [1.29, 1.82) is 0 Å². The molecule has 2 atom stereocenters. The van der Waals surface area contributed by atoms with Gasteiger partial charge in [0.2, 0.25) is 0 Å². The van der Waals surface area contributed by atoms with Gasteiger partial charge in [0.1, 0.15) is 6.10 Å². The Morgan fingerprint density at radius 3 is 1.92 bits per heavy atom. The van der Waals surface area contributed by atoms with Crippen molar-refractivity contribution in [3.8, 4) is 0 Å². The second-order valence-electron chi connectivity index (χ2n) is 4.27. The lowest BCUT2D eigenvalue weighted by atomic mass is 9.74. The lowest BCUT2D eigenvalue weighted by Crippen LogP contribution is -2.38. The topological polar surface area (TPSA) is 29.5 Å². The largest absolute Gasteiger partial charge is 0.252 e. The summed E-state index contributed by atoms with van der Waals surface area (Å²) in [6.45, 7) is 10.7. The van der Waals surface area contributed by atoms with Crippen LogP contribution in [0, 0.1) is 11.3 Å². The molecule has 0 radical (unpaired) electrons. The predicted octanol–water partition coefficient (Wildman–Crippen LogP) is 3.72. The fourth-order valence-electron chi connectivity index (χ4n) is 1.78. The second-order valence-corrected chi connectivity index (χ2v) is 4.27. The first kappa shape index (κ1) is 12.9. The van der Waals surface area contributed by atoms with Crippen LogP contribution < -0.4 is 0 Å². The van der Waals surface area contributed by atoms with Gasteiger partial charge in [-0.3, -0.25) is 5.26 Å². The lowest BCUT2D eigenvalue weighted by Gasteiger charge is -2.37. The van der Waals surface area contributed by atoms with Crippen LogP contribution in [0.2, 0.25) is 0 Å². The van der Waals surface area contributed by atoms with Crippen molar-refractivity contribution in [3.63, 3.8) is 0 Å². The van der Waals surface area contributed by atoms with Crippen LogP contribution >= 0.6 is 0 Å². The second kappa shape index (κ2) is 5.61. The van der Waals surface area contributed by atoms with Crippen molar-refractivity contribution in [2.75, 3.05) is 0 Å². The average molecular weight is 188 g/mol. The van der Waals surface area contributed by atoms with Gasteiger partial charge in [-0.15, -0.1) is 0 Å². The molecule has 0 aliphatic rings. The molecule has 0 aromatic rings. The molecule has 0 aliphatic carbocycles. The van der Waals surface area contributed by atoms with Crippen molar-refractivity contribution in [1.82, 2.24) is 0 Å². The summed E-state index contributed by atoms with van der Waals surface area (Å²) in [4.78, 5) is 4.65. The van der Waals surface area contributed by atoms with E-state index in [2.05, 4.69) is 39.5 Å². The molecule has 0 rings (SSSR count). The van der Waals surface area contributed by atoms with E-state index in [0.717, 1.165) is 19.3 Å². The molecule has 0 saturated heterocycles. The third-order valence-corrected chi connectivity index (χ3v) is 3.58. The molecular weight excluding hydrogens is 164 g/mol. The Labute approximate surface area is 82.2 Å². The van der Waals surface area contributed by atoms with Gasteiger partial charge in [-0.1, -0.05) is 41.0 Å². The Morgan fingerprint density at radius 1 is 1.23 bits per heavy atom. The van der Waals surface area contributed by atoms with Gasteiger partial charge in [-0.25, -0.2) is 4.89 Å². The smallest absolute Gasteiger partial charge is 0.101 e. The molecular formula is C11H24O2. The third kappa shape index (κ3) is 2.96. The van der Waals surface area contributed by atoms with Crippen molar-refractivity contribution in [2.45, 2.75) is 60.0 Å². The quantitative estimate of drug-likeness (QED) is 0.508. The highest BCUT2D eigenvalue weighted by Crippen LogP contribution is 2.36. The van der Waals surface area contributed by atoms with E-state index in [-0.39, 0.29) is 11.5 Å². The van der Waals surface area contributed by atoms with Gasteiger partial charge < -0.3 is 0 Å². The molecule has 0 aromatic heterocycles. The van der Waals surface area contributed by atoms with Crippen molar-refractivity contribution >= 4 is 0 Å². The molecule has 0 spiro atoms. The Hall–Kier alpha value is -0.0800. The summed E-state index contributed by atoms with van der Waals surface area (Å²) in [6, 6.07) is 0. The molecule has 2 heteroatoms. The minimum atomic E-state index is -0.0347. The maximum atomic E-state index is 8.93. The molecule has 0 fully saturated rings. The highest BCUT2D eigenvalue weighted by atomic mass is 17.1. The van der Waals surface area contributed by atoms with Gasteiger partial charge in [0.25, 0.3) is 0 Å². The van der Waals surface area contributed by atoms with Crippen LogP contribution in [0.1, 0.15) is 53.9 Å². The first-order valence-electron chi connectivity index (χ1n) is 5.35. The van der Waals surface area contributed by atoms with E-state index in [1.807, 2.05) is 0 Å². The Kier molecular flexibility index (Phi) is 5.57. The summed E-state index contributed by atoms with van der Waals surface area (Å²) in [5, 5.41) is 8.93. The fraction of sp³-hybridized carbons (Fsp3) is 1.00. The Bertz CT molecular complexity index is 130. The van der Waals surface area contributed by atoms with E-state index in [9.17, 15) is 0 Å². The van der Waals surface area contributed by atoms with Gasteiger partial charge >= 0.3 is 0 Å². The lowest BCUT2D eigenvalue weighted by molar-refractivity contribution is -0.315. The van der Waals surface area contributed by atoms with E-state index in [1.54, 1.807) is 0 Å². The van der Waals surface area contributed by atoms with Gasteiger partial charge in [-0.2, -0.15) is 0 Å². The number of rotatable bonds is 6. The minimum absolute atomic E-state index is 0.0347. The SMILES string of the molecule is CCC(C)C(OO)C(C)(CC)CC. The summed E-state index contributed by atoms with van der Waals surface area (Å²) < 4.78 is 0. The highest BCUT2D eigenvalue weighted by molar-refractivity contribution is 4.83. The van der Waals surface area contributed by atoms with Crippen molar-refractivity contribution in [3.05, 3.63) is 0 Å². The molecule has 1 N–H and O–H groups in total. The first-order valence-corrected chi connectivity index (χ1v) is 5.35. The summed E-state index contributed by atoms with van der Waals surface area (Å²) in [5.41, 5.74) is 0.101. The van der Waals surface area contributed by atoms with E-state index in [1.165, 1.54) is 0 Å².